The average molecular weight is 790 g/mol. The fraction of sp³-hybridized carbons (Fsp3) is 0. The predicted molar refractivity (Wildman–Crippen MR) is 263 cm³/mol. The van der Waals surface area contributed by atoms with E-state index in [9.17, 15) is 0 Å². The smallest absolute Gasteiger partial charge is 0.143 e. The van der Waals surface area contributed by atoms with Gasteiger partial charge < -0.3 is 9.32 Å². The van der Waals surface area contributed by atoms with Gasteiger partial charge in [-0.1, -0.05) is 188 Å². The summed E-state index contributed by atoms with van der Waals surface area (Å²) in [4.78, 5) is 2.42. The van der Waals surface area contributed by atoms with Crippen LogP contribution < -0.4 is 4.90 Å². The molecule has 0 atom stereocenters. The van der Waals surface area contributed by atoms with Gasteiger partial charge in [-0.2, -0.15) is 0 Å². The van der Waals surface area contributed by atoms with Crippen LogP contribution in [0.5, 0.6) is 0 Å². The Morgan fingerprint density at radius 1 is 0.274 bits per heavy atom. The number of rotatable bonds is 7. The number of benzene rings is 11. The SMILES string of the molecule is c1ccc(-c2ccc3cc(N(c4cccc(-c5cccc6c5oc5ccccc56)c4)c4ccc5c(c4)c(-c4ccccc4)c(-c4ccccc4)c4ccccc45)ccc3c2)cc1. The Morgan fingerprint density at radius 3 is 1.58 bits per heavy atom. The number of anilines is 3. The molecule has 0 spiro atoms. The molecular weight excluding hydrogens is 751 g/mol. The average Bonchev–Trinajstić information content (AvgIpc) is 3.73. The quantitative estimate of drug-likeness (QED) is 0.150. The molecular formula is C60H39NO. The molecule has 2 heteroatoms. The molecule has 0 saturated heterocycles. The highest BCUT2D eigenvalue weighted by Crippen LogP contribution is 2.47. The van der Waals surface area contributed by atoms with E-state index >= 15 is 0 Å². The molecule has 0 amide bonds. The minimum atomic E-state index is 0.895. The highest BCUT2D eigenvalue weighted by atomic mass is 16.3. The standard InChI is InChI=1S/C60H39NO/c1-4-16-40(17-5-1)43-30-31-45-37-48(33-32-44(45)36-43)61(47-23-14-22-46(38-47)50-27-15-28-55-53-25-12-13-29-57(53)62-60(50)55)49-34-35-52-51-24-10-11-26-54(51)58(41-18-6-2-7-19-41)59(56(52)39-49)42-20-8-3-9-21-42/h1-39H. The molecule has 0 bridgehead atoms. The van der Waals surface area contributed by atoms with E-state index in [-0.39, 0.29) is 0 Å². The molecule has 0 unspecified atom stereocenters. The van der Waals surface area contributed by atoms with Crippen LogP contribution in [0.4, 0.5) is 17.1 Å². The number of nitrogens with zero attached hydrogens (tertiary/aromatic N) is 1. The summed E-state index contributed by atoms with van der Waals surface area (Å²) >= 11 is 0. The fourth-order valence-electron chi connectivity index (χ4n) is 9.54. The lowest BCUT2D eigenvalue weighted by molar-refractivity contribution is 0.670. The third kappa shape index (κ3) is 6.04. The summed E-state index contributed by atoms with van der Waals surface area (Å²) in [6, 6.07) is 85.6. The predicted octanol–water partition coefficient (Wildman–Crippen LogP) is 17.2. The van der Waals surface area contributed by atoms with E-state index in [2.05, 4.69) is 235 Å². The van der Waals surface area contributed by atoms with Gasteiger partial charge in [0.15, 0.2) is 0 Å². The fourth-order valence-corrected chi connectivity index (χ4v) is 9.54. The van der Waals surface area contributed by atoms with Crippen molar-refractivity contribution < 1.29 is 4.42 Å². The van der Waals surface area contributed by atoms with Gasteiger partial charge in [0.05, 0.1) is 0 Å². The molecule has 2 nitrogen and oxygen atoms in total. The van der Waals surface area contributed by atoms with Crippen molar-refractivity contribution in [2.75, 3.05) is 4.90 Å². The Bertz CT molecular complexity index is 3630. The van der Waals surface area contributed by atoms with Crippen molar-refractivity contribution in [3.8, 4) is 44.5 Å². The lowest BCUT2D eigenvalue weighted by Gasteiger charge is -2.28. The van der Waals surface area contributed by atoms with Crippen LogP contribution >= 0.6 is 0 Å². The number of hydrogen-bond acceptors (Lipinski definition) is 2. The van der Waals surface area contributed by atoms with Gasteiger partial charge in [-0.05, 0) is 120 Å². The molecule has 0 N–H and O–H groups in total. The van der Waals surface area contributed by atoms with Gasteiger partial charge in [-0.15, -0.1) is 0 Å². The lowest BCUT2D eigenvalue weighted by Crippen LogP contribution is -2.10. The van der Waals surface area contributed by atoms with Gasteiger partial charge >= 0.3 is 0 Å². The van der Waals surface area contributed by atoms with Gasteiger partial charge in [-0.3, -0.25) is 0 Å². The first-order valence-corrected chi connectivity index (χ1v) is 21.2. The van der Waals surface area contributed by atoms with E-state index < -0.39 is 0 Å². The van der Waals surface area contributed by atoms with E-state index in [0.29, 0.717) is 0 Å². The molecule has 290 valence electrons. The zero-order valence-electron chi connectivity index (χ0n) is 33.9. The first-order chi connectivity index (χ1) is 30.7. The second-order valence-corrected chi connectivity index (χ2v) is 16.0. The summed E-state index contributed by atoms with van der Waals surface area (Å²) in [6.07, 6.45) is 0. The maximum absolute atomic E-state index is 6.57. The summed E-state index contributed by atoms with van der Waals surface area (Å²) < 4.78 is 6.57. The molecule has 0 aliphatic carbocycles. The monoisotopic (exact) mass is 789 g/mol. The van der Waals surface area contributed by atoms with Crippen molar-refractivity contribution in [1.29, 1.82) is 0 Å². The highest BCUT2D eigenvalue weighted by Gasteiger charge is 2.21. The van der Waals surface area contributed by atoms with Crippen molar-refractivity contribution in [2.24, 2.45) is 0 Å². The summed E-state index contributed by atoms with van der Waals surface area (Å²) in [7, 11) is 0. The minimum Gasteiger partial charge on any atom is -0.455 e. The minimum absolute atomic E-state index is 0.895. The number of furan rings is 1. The van der Waals surface area contributed by atoms with Gasteiger partial charge in [0.2, 0.25) is 0 Å². The van der Waals surface area contributed by atoms with Crippen molar-refractivity contribution >= 4 is 71.3 Å². The molecule has 0 fully saturated rings. The molecule has 1 aromatic heterocycles. The maximum atomic E-state index is 6.57. The molecule has 0 aliphatic heterocycles. The van der Waals surface area contributed by atoms with Crippen LogP contribution in [0.15, 0.2) is 241 Å². The zero-order chi connectivity index (χ0) is 41.0. The van der Waals surface area contributed by atoms with E-state index in [1.54, 1.807) is 0 Å². The largest absolute Gasteiger partial charge is 0.455 e. The van der Waals surface area contributed by atoms with Crippen LogP contribution in [-0.2, 0) is 0 Å². The molecule has 12 aromatic rings. The Labute approximate surface area is 360 Å². The molecule has 0 saturated carbocycles. The summed E-state index contributed by atoms with van der Waals surface area (Å²) in [5, 5.41) is 9.53. The van der Waals surface area contributed by atoms with Crippen LogP contribution in [0.3, 0.4) is 0 Å². The van der Waals surface area contributed by atoms with Crippen LogP contribution in [0, 0.1) is 0 Å². The summed E-state index contributed by atoms with van der Waals surface area (Å²) in [5.41, 5.74) is 14.4. The first kappa shape index (κ1) is 35.7. The van der Waals surface area contributed by atoms with Crippen molar-refractivity contribution in [3.63, 3.8) is 0 Å². The number of fused-ring (bicyclic) bond motifs is 7. The Balaban J connectivity index is 1.11. The summed E-state index contributed by atoms with van der Waals surface area (Å²) in [6.45, 7) is 0. The van der Waals surface area contributed by atoms with Gasteiger partial charge in [0.25, 0.3) is 0 Å². The van der Waals surface area contributed by atoms with Crippen LogP contribution in [0.25, 0.3) is 98.8 Å². The first-order valence-electron chi connectivity index (χ1n) is 21.2. The third-order valence-corrected chi connectivity index (χ3v) is 12.4. The van der Waals surface area contributed by atoms with Crippen molar-refractivity contribution in [1.82, 2.24) is 0 Å². The normalized spacial score (nSPS) is 11.5. The Morgan fingerprint density at radius 2 is 0.806 bits per heavy atom. The van der Waals surface area contributed by atoms with Crippen molar-refractivity contribution in [2.45, 2.75) is 0 Å². The Kier molecular flexibility index (Phi) is 8.53. The lowest BCUT2D eigenvalue weighted by atomic mass is 9.85. The Hall–Kier alpha value is -8.20. The van der Waals surface area contributed by atoms with E-state index in [1.165, 1.54) is 65.7 Å². The van der Waals surface area contributed by atoms with Crippen molar-refractivity contribution in [3.05, 3.63) is 237 Å². The second-order valence-electron chi connectivity index (χ2n) is 16.0. The van der Waals surface area contributed by atoms with E-state index in [0.717, 1.165) is 50.1 Å². The van der Waals surface area contributed by atoms with Gasteiger partial charge in [-0.25, -0.2) is 0 Å². The third-order valence-electron chi connectivity index (χ3n) is 12.4. The maximum Gasteiger partial charge on any atom is 0.143 e. The second kappa shape index (κ2) is 14.8. The molecule has 1 heterocycles. The van der Waals surface area contributed by atoms with E-state index in [4.69, 9.17) is 4.42 Å². The molecule has 0 radical (unpaired) electrons. The molecule has 62 heavy (non-hydrogen) atoms. The van der Waals surface area contributed by atoms with Gasteiger partial charge in [0.1, 0.15) is 11.2 Å². The van der Waals surface area contributed by atoms with Gasteiger partial charge in [0, 0.05) is 33.4 Å². The summed E-state index contributed by atoms with van der Waals surface area (Å²) in [5.74, 6) is 0. The van der Waals surface area contributed by atoms with E-state index in [1.807, 2.05) is 6.07 Å². The van der Waals surface area contributed by atoms with Crippen LogP contribution in [0.2, 0.25) is 0 Å². The molecule has 12 rings (SSSR count). The molecule has 11 aromatic carbocycles. The number of para-hydroxylation sites is 2. The molecule has 0 aliphatic rings. The zero-order valence-corrected chi connectivity index (χ0v) is 33.9. The van der Waals surface area contributed by atoms with Crippen LogP contribution in [-0.4, -0.2) is 0 Å². The van der Waals surface area contributed by atoms with Crippen LogP contribution in [0.1, 0.15) is 0 Å². The number of hydrogen-bond donors (Lipinski definition) is 0. The highest BCUT2D eigenvalue weighted by molar-refractivity contribution is 6.22. The topological polar surface area (TPSA) is 16.4 Å².